The molecule has 0 heterocycles. The molecule has 22 heavy (non-hydrogen) atoms. The Labute approximate surface area is 126 Å². The molecule has 2 atom stereocenters. The molecule has 2 N–H and O–H groups in total. The maximum Gasteiger partial charge on any atom is 0.416 e. The van der Waals surface area contributed by atoms with E-state index in [2.05, 4.69) is 5.32 Å². The minimum atomic E-state index is -4.76. The first-order valence-corrected chi connectivity index (χ1v) is 6.54. The number of nitrogens with zero attached hydrogens (tertiary/aromatic N) is 1. The third kappa shape index (κ3) is 5.19. The largest absolute Gasteiger partial charge is 0.416 e. The first-order valence-electron chi connectivity index (χ1n) is 6.54. The number of nitrogens with one attached hydrogen (secondary N) is 1. The average Bonchev–Trinajstić information content (AvgIpc) is 2.45. The summed E-state index contributed by atoms with van der Waals surface area (Å²) in [5.74, 6) is 0. The number of hydrogen-bond acceptors (Lipinski definition) is 3. The van der Waals surface area contributed by atoms with E-state index in [-0.39, 0.29) is 6.10 Å². The Bertz CT molecular complexity index is 508. The summed E-state index contributed by atoms with van der Waals surface area (Å²) < 4.78 is 41.9. The lowest BCUT2D eigenvalue weighted by atomic mass is 10.1. The van der Waals surface area contributed by atoms with Gasteiger partial charge in [-0.15, -0.1) is 0 Å². The van der Waals surface area contributed by atoms with Crippen LogP contribution in [0.1, 0.15) is 18.6 Å². The van der Waals surface area contributed by atoms with Gasteiger partial charge in [0.15, 0.2) is 6.10 Å². The Morgan fingerprint density at radius 3 is 2.64 bits per heavy atom. The quantitative estimate of drug-likeness (QED) is 0.877. The zero-order valence-corrected chi connectivity index (χ0v) is 12.5. The number of rotatable bonds is 5. The summed E-state index contributed by atoms with van der Waals surface area (Å²) in [7, 11) is 2.72. The van der Waals surface area contributed by atoms with Crippen LogP contribution in [-0.4, -0.2) is 49.0 Å². The van der Waals surface area contributed by atoms with E-state index in [1.54, 1.807) is 31.4 Å². The highest BCUT2D eigenvalue weighted by Crippen LogP contribution is 2.22. The zero-order valence-electron chi connectivity index (χ0n) is 12.5. The Hall–Kier alpha value is -1.80. The predicted molar refractivity (Wildman–Crippen MR) is 75.6 cm³/mol. The number of benzene rings is 1. The Morgan fingerprint density at radius 2 is 2.09 bits per heavy atom. The van der Waals surface area contributed by atoms with Crippen LogP contribution < -0.4 is 5.32 Å². The average molecular weight is 320 g/mol. The number of aliphatic hydroxyl groups is 1. The standard InChI is InChI=1S/C14H19F3N2O3/c1-9(22-3)10-5-4-6-11(7-10)18-13(21)19(2)8-12(20)14(15,16)17/h4-7,9,12,20H,8H2,1-3H3,(H,18,21)/t9-,12-/m0/s1. The third-order valence-electron chi connectivity index (χ3n) is 3.13. The molecule has 0 aliphatic carbocycles. The molecule has 0 bridgehead atoms. The van der Waals surface area contributed by atoms with E-state index in [4.69, 9.17) is 9.84 Å². The van der Waals surface area contributed by atoms with Crippen LogP contribution in [0.15, 0.2) is 24.3 Å². The van der Waals surface area contributed by atoms with Gasteiger partial charge in [0.1, 0.15) is 0 Å². The number of carbonyl (C=O) groups is 1. The second kappa shape index (κ2) is 7.46. The van der Waals surface area contributed by atoms with Gasteiger partial charge in [0.2, 0.25) is 0 Å². The van der Waals surface area contributed by atoms with Gasteiger partial charge in [-0.05, 0) is 24.6 Å². The van der Waals surface area contributed by atoms with Crippen LogP contribution in [0, 0.1) is 0 Å². The number of likely N-dealkylation sites (N-methyl/N-ethyl adjacent to an activating group) is 1. The van der Waals surface area contributed by atoms with Crippen molar-refractivity contribution in [3.63, 3.8) is 0 Å². The molecule has 0 saturated carbocycles. The third-order valence-corrected chi connectivity index (χ3v) is 3.13. The molecule has 2 amide bonds. The number of halogens is 3. The van der Waals surface area contributed by atoms with E-state index in [9.17, 15) is 18.0 Å². The zero-order chi connectivity index (χ0) is 16.9. The lowest BCUT2D eigenvalue weighted by Gasteiger charge is -2.23. The molecule has 0 aliphatic rings. The number of carbonyl (C=O) groups excluding carboxylic acids is 1. The maximum atomic E-state index is 12.3. The number of urea groups is 1. The Morgan fingerprint density at radius 1 is 1.45 bits per heavy atom. The topological polar surface area (TPSA) is 61.8 Å². The molecular weight excluding hydrogens is 301 g/mol. The monoisotopic (exact) mass is 320 g/mol. The summed E-state index contributed by atoms with van der Waals surface area (Å²) in [5, 5.41) is 11.4. The molecule has 1 rings (SSSR count). The van der Waals surface area contributed by atoms with Crippen molar-refractivity contribution in [3.05, 3.63) is 29.8 Å². The number of alkyl halides is 3. The van der Waals surface area contributed by atoms with Crippen LogP contribution in [-0.2, 0) is 4.74 Å². The van der Waals surface area contributed by atoms with Gasteiger partial charge in [-0.1, -0.05) is 12.1 Å². The first-order chi connectivity index (χ1) is 10.1. The van der Waals surface area contributed by atoms with Crippen molar-refractivity contribution in [2.45, 2.75) is 25.3 Å². The van der Waals surface area contributed by atoms with Crippen LogP contribution in [0.2, 0.25) is 0 Å². The smallest absolute Gasteiger partial charge is 0.382 e. The lowest BCUT2D eigenvalue weighted by Crippen LogP contribution is -2.43. The van der Waals surface area contributed by atoms with Crippen molar-refractivity contribution in [1.29, 1.82) is 0 Å². The predicted octanol–water partition coefficient (Wildman–Crippen LogP) is 2.78. The number of amides is 2. The van der Waals surface area contributed by atoms with Gasteiger partial charge in [0.05, 0.1) is 12.6 Å². The number of ether oxygens (including phenoxy) is 1. The van der Waals surface area contributed by atoms with Gasteiger partial charge in [-0.3, -0.25) is 0 Å². The second-order valence-electron chi connectivity index (χ2n) is 4.87. The van der Waals surface area contributed by atoms with Gasteiger partial charge < -0.3 is 20.1 Å². The van der Waals surface area contributed by atoms with Crippen molar-refractivity contribution in [3.8, 4) is 0 Å². The molecule has 8 heteroatoms. The molecule has 5 nitrogen and oxygen atoms in total. The van der Waals surface area contributed by atoms with Crippen molar-refractivity contribution < 1.29 is 27.8 Å². The van der Waals surface area contributed by atoms with Crippen molar-refractivity contribution in [1.82, 2.24) is 4.90 Å². The highest BCUT2D eigenvalue weighted by Gasteiger charge is 2.39. The molecule has 0 aliphatic heterocycles. The Kier molecular flexibility index (Phi) is 6.19. The first kappa shape index (κ1) is 18.2. The van der Waals surface area contributed by atoms with E-state index < -0.39 is 24.9 Å². The molecule has 0 radical (unpaired) electrons. The summed E-state index contributed by atoms with van der Waals surface area (Å²) in [6.45, 7) is 0.982. The molecule has 0 saturated heterocycles. The fourth-order valence-corrected chi connectivity index (χ4v) is 1.67. The fourth-order valence-electron chi connectivity index (χ4n) is 1.67. The van der Waals surface area contributed by atoms with E-state index in [0.717, 1.165) is 10.5 Å². The molecule has 0 unspecified atom stereocenters. The van der Waals surface area contributed by atoms with Crippen molar-refractivity contribution >= 4 is 11.7 Å². The van der Waals surface area contributed by atoms with E-state index >= 15 is 0 Å². The molecule has 0 aromatic heterocycles. The summed E-state index contributed by atoms with van der Waals surface area (Å²) in [6.07, 6.45) is -7.52. The summed E-state index contributed by atoms with van der Waals surface area (Å²) in [4.78, 5) is 12.6. The number of aliphatic hydroxyl groups excluding tert-OH is 1. The van der Waals surface area contributed by atoms with Gasteiger partial charge >= 0.3 is 12.2 Å². The highest BCUT2D eigenvalue weighted by molar-refractivity contribution is 5.89. The number of hydrogen-bond donors (Lipinski definition) is 2. The summed E-state index contributed by atoms with van der Waals surface area (Å²) in [6, 6.07) is 6.04. The SMILES string of the molecule is CO[C@@H](C)c1cccc(NC(=O)N(C)C[C@H](O)C(F)(F)F)c1. The van der Waals surface area contributed by atoms with E-state index in [0.29, 0.717) is 5.69 Å². The van der Waals surface area contributed by atoms with E-state index in [1.807, 2.05) is 6.92 Å². The number of anilines is 1. The molecule has 0 spiro atoms. The second-order valence-corrected chi connectivity index (χ2v) is 4.87. The van der Waals surface area contributed by atoms with Crippen LogP contribution in [0.4, 0.5) is 23.7 Å². The Balaban J connectivity index is 2.68. The van der Waals surface area contributed by atoms with Crippen molar-refractivity contribution in [2.75, 3.05) is 26.0 Å². The van der Waals surface area contributed by atoms with Crippen molar-refractivity contribution in [2.24, 2.45) is 0 Å². The van der Waals surface area contributed by atoms with Gasteiger partial charge in [-0.2, -0.15) is 13.2 Å². The summed E-state index contributed by atoms with van der Waals surface area (Å²) >= 11 is 0. The van der Waals surface area contributed by atoms with Crippen LogP contribution in [0.5, 0.6) is 0 Å². The van der Waals surface area contributed by atoms with Gasteiger partial charge in [0, 0.05) is 19.8 Å². The normalized spacial score (nSPS) is 14.3. The van der Waals surface area contributed by atoms with Gasteiger partial charge in [0.25, 0.3) is 0 Å². The number of methoxy groups -OCH3 is 1. The summed E-state index contributed by atoms with van der Waals surface area (Å²) in [5.41, 5.74) is 1.25. The van der Waals surface area contributed by atoms with E-state index in [1.165, 1.54) is 7.05 Å². The molecule has 124 valence electrons. The minimum Gasteiger partial charge on any atom is -0.382 e. The lowest BCUT2D eigenvalue weighted by molar-refractivity contribution is -0.205. The maximum absolute atomic E-state index is 12.3. The molecule has 0 fully saturated rings. The molecule has 1 aromatic rings. The highest BCUT2D eigenvalue weighted by atomic mass is 19.4. The fraction of sp³-hybridized carbons (Fsp3) is 0.500. The van der Waals surface area contributed by atoms with Crippen LogP contribution in [0.25, 0.3) is 0 Å². The minimum absolute atomic E-state index is 0.179. The van der Waals surface area contributed by atoms with Crippen LogP contribution in [0.3, 0.4) is 0 Å². The van der Waals surface area contributed by atoms with Gasteiger partial charge in [-0.25, -0.2) is 4.79 Å². The molecule has 1 aromatic carbocycles. The van der Waals surface area contributed by atoms with Crippen LogP contribution >= 0.6 is 0 Å². The molecular formula is C14H19F3N2O3.